The summed E-state index contributed by atoms with van der Waals surface area (Å²) in [6, 6.07) is 43.2. The Hall–Kier alpha value is -4.24. The zero-order chi connectivity index (χ0) is 27.3. The average Bonchev–Trinajstić information content (AvgIpc) is 3.47. The molecule has 2 aliphatic heterocycles. The van der Waals surface area contributed by atoms with Gasteiger partial charge in [0, 0.05) is 27.6 Å². The highest BCUT2D eigenvalue weighted by atomic mass is 15.3. The van der Waals surface area contributed by atoms with Gasteiger partial charge in [-0.2, -0.15) is 0 Å². The lowest BCUT2D eigenvalue weighted by molar-refractivity contribution is 0.195. The van der Waals surface area contributed by atoms with Crippen LogP contribution in [-0.2, 0) is 5.41 Å². The standard InChI is InChI=1S/C38H33BN2/c1-37-23-13-14-24-38(37,2)41(27-17-7-4-8-18-27)35-29(37)25-31-36-34(35)28-19-9-11-21-32(28)40(36)33-22-12-10-20-30(33)39(31)26-15-5-3-6-16-26/h3-12,15-22,25H,13-14,23-24H2,1-2H3. The molecule has 1 aromatic heterocycles. The molecule has 1 fully saturated rings. The summed E-state index contributed by atoms with van der Waals surface area (Å²) in [4.78, 5) is 2.76. The molecule has 0 bridgehead atoms. The summed E-state index contributed by atoms with van der Waals surface area (Å²) in [6.07, 6.45) is 4.98. The van der Waals surface area contributed by atoms with Crippen LogP contribution >= 0.6 is 0 Å². The van der Waals surface area contributed by atoms with Gasteiger partial charge in [0.2, 0.25) is 6.71 Å². The van der Waals surface area contributed by atoms with Gasteiger partial charge in [0.1, 0.15) is 0 Å². The molecule has 0 saturated heterocycles. The van der Waals surface area contributed by atoms with Crippen molar-refractivity contribution in [3.63, 3.8) is 0 Å². The predicted molar refractivity (Wildman–Crippen MR) is 175 cm³/mol. The Morgan fingerprint density at radius 1 is 0.683 bits per heavy atom. The third-order valence-corrected chi connectivity index (χ3v) is 11.0. The number of nitrogens with zero attached hydrogens (tertiary/aromatic N) is 2. The monoisotopic (exact) mass is 528 g/mol. The SMILES string of the molecule is CC12CCCCC1(C)N(c1ccccc1)c1c2cc2c3c1c1ccccc1n3-c1ccccc1B2c1ccccc1. The van der Waals surface area contributed by atoms with Crippen LogP contribution in [0.15, 0.2) is 115 Å². The Morgan fingerprint density at radius 2 is 1.37 bits per heavy atom. The van der Waals surface area contributed by atoms with Gasteiger partial charge in [0.05, 0.1) is 22.3 Å². The molecule has 6 aromatic rings. The van der Waals surface area contributed by atoms with Crippen LogP contribution in [0.1, 0.15) is 45.1 Å². The van der Waals surface area contributed by atoms with Crippen molar-refractivity contribution in [2.45, 2.75) is 50.5 Å². The zero-order valence-corrected chi connectivity index (χ0v) is 23.8. The second kappa shape index (κ2) is 8.16. The average molecular weight is 529 g/mol. The maximum Gasteiger partial charge on any atom is 0.246 e. The van der Waals surface area contributed by atoms with Gasteiger partial charge in [-0.1, -0.05) is 116 Å². The molecule has 2 nitrogen and oxygen atoms in total. The summed E-state index contributed by atoms with van der Waals surface area (Å²) < 4.78 is 2.57. The molecule has 3 heteroatoms. The number of benzene rings is 5. The quantitative estimate of drug-likeness (QED) is 0.213. The first-order valence-electron chi connectivity index (χ1n) is 15.2. The molecule has 9 rings (SSSR count). The number of rotatable bonds is 2. The molecule has 0 N–H and O–H groups in total. The lowest BCUT2D eigenvalue weighted by Gasteiger charge is -2.50. The van der Waals surface area contributed by atoms with Gasteiger partial charge in [-0.25, -0.2) is 0 Å². The topological polar surface area (TPSA) is 8.17 Å². The van der Waals surface area contributed by atoms with Crippen molar-refractivity contribution in [1.29, 1.82) is 0 Å². The lowest BCUT2D eigenvalue weighted by atomic mass is 9.35. The van der Waals surface area contributed by atoms with Gasteiger partial charge in [0.25, 0.3) is 0 Å². The minimum atomic E-state index is 0.00679. The third kappa shape index (κ3) is 2.84. The van der Waals surface area contributed by atoms with Crippen molar-refractivity contribution >= 4 is 56.3 Å². The minimum absolute atomic E-state index is 0.00679. The maximum absolute atomic E-state index is 2.76. The van der Waals surface area contributed by atoms with Crippen LogP contribution in [0.4, 0.5) is 11.4 Å². The van der Waals surface area contributed by atoms with Crippen molar-refractivity contribution in [2.24, 2.45) is 0 Å². The highest BCUT2D eigenvalue weighted by molar-refractivity contribution is 6.98. The predicted octanol–water partition coefficient (Wildman–Crippen LogP) is 7.36. The Bertz CT molecular complexity index is 1990. The van der Waals surface area contributed by atoms with E-state index in [4.69, 9.17) is 0 Å². The number of para-hydroxylation sites is 3. The van der Waals surface area contributed by atoms with E-state index in [1.54, 1.807) is 0 Å². The minimum Gasteiger partial charge on any atom is -0.334 e. The van der Waals surface area contributed by atoms with Gasteiger partial charge >= 0.3 is 0 Å². The maximum atomic E-state index is 2.76. The largest absolute Gasteiger partial charge is 0.334 e. The van der Waals surface area contributed by atoms with Gasteiger partial charge in [0.15, 0.2) is 0 Å². The van der Waals surface area contributed by atoms with E-state index >= 15 is 0 Å². The van der Waals surface area contributed by atoms with Crippen LogP contribution < -0.4 is 21.3 Å². The molecular formula is C38H33BN2. The van der Waals surface area contributed by atoms with Crippen LogP contribution in [0.3, 0.4) is 0 Å². The Kier molecular flexibility index (Phi) is 4.67. The number of aromatic nitrogens is 1. The first-order chi connectivity index (χ1) is 20.1. The Labute approximate surface area is 242 Å². The molecule has 1 aliphatic carbocycles. The molecule has 198 valence electrons. The highest BCUT2D eigenvalue weighted by Gasteiger charge is 2.59. The van der Waals surface area contributed by atoms with E-state index in [0.717, 1.165) is 0 Å². The first-order valence-corrected chi connectivity index (χ1v) is 15.2. The van der Waals surface area contributed by atoms with E-state index in [9.17, 15) is 0 Å². The van der Waals surface area contributed by atoms with Crippen LogP contribution in [0.25, 0.3) is 27.5 Å². The molecule has 1 saturated carbocycles. The summed E-state index contributed by atoms with van der Waals surface area (Å²) in [5, 5.41) is 2.78. The van der Waals surface area contributed by atoms with Crippen LogP contribution in [0.5, 0.6) is 0 Å². The number of hydrogen-bond donors (Lipinski definition) is 0. The van der Waals surface area contributed by atoms with E-state index in [0.29, 0.717) is 0 Å². The van der Waals surface area contributed by atoms with Crippen LogP contribution in [-0.4, -0.2) is 16.8 Å². The van der Waals surface area contributed by atoms with E-state index in [1.807, 2.05) is 0 Å². The summed E-state index contributed by atoms with van der Waals surface area (Å²) in [5.41, 5.74) is 12.5. The summed E-state index contributed by atoms with van der Waals surface area (Å²) in [5.74, 6) is 0. The summed E-state index contributed by atoms with van der Waals surface area (Å²) in [6.45, 7) is 5.31. The number of hydrogen-bond acceptors (Lipinski definition) is 1. The normalized spacial score (nSPS) is 22.6. The Morgan fingerprint density at radius 3 is 2.20 bits per heavy atom. The number of anilines is 2. The van der Waals surface area contributed by atoms with Crippen molar-refractivity contribution in [3.05, 3.63) is 121 Å². The van der Waals surface area contributed by atoms with Gasteiger partial charge in [-0.3, -0.25) is 0 Å². The van der Waals surface area contributed by atoms with E-state index in [1.165, 1.54) is 86.5 Å². The fraction of sp³-hybridized carbons (Fsp3) is 0.211. The molecule has 2 atom stereocenters. The zero-order valence-electron chi connectivity index (χ0n) is 23.8. The van der Waals surface area contributed by atoms with Gasteiger partial charge < -0.3 is 9.47 Å². The van der Waals surface area contributed by atoms with E-state index in [-0.39, 0.29) is 17.7 Å². The van der Waals surface area contributed by atoms with Crippen molar-refractivity contribution in [2.75, 3.05) is 4.90 Å². The molecule has 5 aromatic carbocycles. The number of fused-ring (bicyclic) bond motifs is 9. The van der Waals surface area contributed by atoms with Gasteiger partial charge in [-0.05, 0) is 60.5 Å². The molecular weight excluding hydrogens is 495 g/mol. The van der Waals surface area contributed by atoms with Crippen LogP contribution in [0.2, 0.25) is 0 Å². The summed E-state index contributed by atoms with van der Waals surface area (Å²) >= 11 is 0. The van der Waals surface area contributed by atoms with Gasteiger partial charge in [-0.15, -0.1) is 0 Å². The van der Waals surface area contributed by atoms with E-state index < -0.39 is 0 Å². The summed E-state index contributed by atoms with van der Waals surface area (Å²) in [7, 11) is 0. The fourth-order valence-corrected chi connectivity index (χ4v) is 8.92. The third-order valence-electron chi connectivity index (χ3n) is 11.0. The molecule has 0 radical (unpaired) electrons. The highest BCUT2D eigenvalue weighted by Crippen LogP contribution is 2.63. The molecule has 3 heterocycles. The van der Waals surface area contributed by atoms with Crippen molar-refractivity contribution in [3.8, 4) is 5.69 Å². The van der Waals surface area contributed by atoms with Crippen molar-refractivity contribution < 1.29 is 0 Å². The molecule has 41 heavy (non-hydrogen) atoms. The van der Waals surface area contributed by atoms with Crippen LogP contribution in [0, 0.1) is 0 Å². The second-order valence-corrected chi connectivity index (χ2v) is 12.8. The molecule has 2 unspecified atom stereocenters. The smallest absolute Gasteiger partial charge is 0.246 e. The lowest BCUT2D eigenvalue weighted by Crippen LogP contribution is -2.56. The molecule has 0 spiro atoms. The second-order valence-electron chi connectivity index (χ2n) is 12.8. The molecule has 0 amide bonds. The fourth-order valence-electron chi connectivity index (χ4n) is 8.92. The van der Waals surface area contributed by atoms with E-state index in [2.05, 4.69) is 139 Å². The van der Waals surface area contributed by atoms with Crippen molar-refractivity contribution in [1.82, 2.24) is 4.57 Å². The first kappa shape index (κ1) is 23.5. The molecule has 3 aliphatic rings. The Balaban J connectivity index is 1.51.